The highest BCUT2D eigenvalue weighted by molar-refractivity contribution is 7.18. The van der Waals surface area contributed by atoms with Gasteiger partial charge in [-0.15, -0.1) is 11.3 Å². The van der Waals surface area contributed by atoms with Crippen molar-refractivity contribution < 1.29 is 9.90 Å². The highest BCUT2D eigenvalue weighted by Crippen LogP contribution is 2.41. The highest BCUT2D eigenvalue weighted by Gasteiger charge is 2.21. The van der Waals surface area contributed by atoms with Gasteiger partial charge in [-0.2, -0.15) is 0 Å². The van der Waals surface area contributed by atoms with Gasteiger partial charge in [-0.3, -0.25) is 0 Å². The number of carboxylic acid groups (broad SMARTS) is 1. The Morgan fingerprint density at radius 1 is 1.32 bits per heavy atom. The number of benzene rings is 1. The lowest BCUT2D eigenvalue weighted by Crippen LogP contribution is -1.99. The third-order valence-electron chi connectivity index (χ3n) is 3.30. The van der Waals surface area contributed by atoms with Crippen LogP contribution in [0.1, 0.15) is 33.3 Å². The molecular formula is C15H17NO2S. The van der Waals surface area contributed by atoms with Crippen molar-refractivity contribution in [3.8, 4) is 10.4 Å². The summed E-state index contributed by atoms with van der Waals surface area (Å²) in [6, 6.07) is 6.09. The zero-order chi connectivity index (χ0) is 14.2. The number of carboxylic acids is 1. The summed E-state index contributed by atoms with van der Waals surface area (Å²) in [5.74, 6) is -0.949. The van der Waals surface area contributed by atoms with Crippen LogP contribution in [0.4, 0.5) is 5.69 Å². The molecule has 0 aliphatic heterocycles. The smallest absolute Gasteiger partial charge is 0.348 e. The van der Waals surface area contributed by atoms with Crippen molar-refractivity contribution in [2.24, 2.45) is 0 Å². The normalized spacial score (nSPS) is 10.7. The Balaban J connectivity index is 2.76. The maximum absolute atomic E-state index is 11.2. The van der Waals surface area contributed by atoms with Gasteiger partial charge in [0.05, 0.1) is 5.69 Å². The summed E-state index contributed by atoms with van der Waals surface area (Å²) in [6.45, 7) is 6.08. The van der Waals surface area contributed by atoms with Crippen LogP contribution in [-0.4, -0.2) is 11.1 Å². The van der Waals surface area contributed by atoms with Gasteiger partial charge < -0.3 is 10.8 Å². The third-order valence-corrected chi connectivity index (χ3v) is 4.56. The molecule has 0 aliphatic rings. The first kappa shape index (κ1) is 13.6. The SMILES string of the molecule is CCc1c(-c2c(C)cccc2C)sc(C(=O)O)c1N. The Labute approximate surface area is 116 Å². The molecular weight excluding hydrogens is 258 g/mol. The van der Waals surface area contributed by atoms with Gasteiger partial charge in [-0.25, -0.2) is 4.79 Å². The zero-order valence-corrected chi connectivity index (χ0v) is 12.1. The van der Waals surface area contributed by atoms with E-state index in [1.54, 1.807) is 0 Å². The minimum Gasteiger partial charge on any atom is -0.477 e. The highest BCUT2D eigenvalue weighted by atomic mass is 32.1. The van der Waals surface area contributed by atoms with E-state index in [1.807, 2.05) is 39.0 Å². The first-order valence-electron chi connectivity index (χ1n) is 6.18. The second-order valence-electron chi connectivity index (χ2n) is 4.58. The second-order valence-corrected chi connectivity index (χ2v) is 5.60. The van der Waals surface area contributed by atoms with E-state index in [0.29, 0.717) is 5.69 Å². The molecule has 4 heteroatoms. The van der Waals surface area contributed by atoms with Crippen molar-refractivity contribution >= 4 is 23.0 Å². The van der Waals surface area contributed by atoms with Gasteiger partial charge >= 0.3 is 5.97 Å². The van der Waals surface area contributed by atoms with E-state index in [-0.39, 0.29) is 4.88 Å². The predicted octanol–water partition coefficient (Wildman–Crippen LogP) is 3.87. The van der Waals surface area contributed by atoms with Crippen LogP contribution in [0.2, 0.25) is 0 Å². The molecule has 1 aromatic carbocycles. The summed E-state index contributed by atoms with van der Waals surface area (Å²) in [6.07, 6.45) is 0.735. The van der Waals surface area contributed by atoms with Crippen LogP contribution in [0.3, 0.4) is 0 Å². The minimum absolute atomic E-state index is 0.245. The Kier molecular flexibility index (Phi) is 3.62. The van der Waals surface area contributed by atoms with Crippen LogP contribution in [-0.2, 0) is 6.42 Å². The molecule has 100 valence electrons. The lowest BCUT2D eigenvalue weighted by Gasteiger charge is -2.10. The number of nitrogens with two attached hydrogens (primary N) is 1. The maximum Gasteiger partial charge on any atom is 0.348 e. The van der Waals surface area contributed by atoms with Crippen LogP contribution in [0.15, 0.2) is 18.2 Å². The molecule has 0 fully saturated rings. The molecule has 0 atom stereocenters. The number of hydrogen-bond acceptors (Lipinski definition) is 3. The number of hydrogen-bond donors (Lipinski definition) is 2. The van der Waals surface area contributed by atoms with Gasteiger partial charge in [-0.05, 0) is 42.5 Å². The summed E-state index contributed by atoms with van der Waals surface area (Å²) >= 11 is 1.28. The fourth-order valence-electron chi connectivity index (χ4n) is 2.36. The number of aryl methyl sites for hydroxylation is 2. The average molecular weight is 275 g/mol. The van der Waals surface area contributed by atoms with E-state index in [4.69, 9.17) is 5.73 Å². The molecule has 0 amide bonds. The first-order chi connectivity index (χ1) is 8.97. The number of nitrogen functional groups attached to an aromatic ring is 1. The van der Waals surface area contributed by atoms with Gasteiger partial charge in [0.25, 0.3) is 0 Å². The number of carbonyl (C=O) groups is 1. The summed E-state index contributed by atoms with van der Waals surface area (Å²) in [5, 5.41) is 9.21. The molecule has 1 aromatic heterocycles. The van der Waals surface area contributed by atoms with E-state index in [1.165, 1.54) is 11.3 Å². The fourth-order valence-corrected chi connectivity index (χ4v) is 3.69. The molecule has 3 N–H and O–H groups in total. The largest absolute Gasteiger partial charge is 0.477 e. The summed E-state index contributed by atoms with van der Waals surface area (Å²) < 4.78 is 0. The topological polar surface area (TPSA) is 63.3 Å². The molecule has 0 saturated heterocycles. The van der Waals surface area contributed by atoms with Crippen LogP contribution in [0.25, 0.3) is 10.4 Å². The molecule has 0 saturated carbocycles. The molecule has 0 aliphatic carbocycles. The molecule has 3 nitrogen and oxygen atoms in total. The number of anilines is 1. The predicted molar refractivity (Wildman–Crippen MR) is 80.0 cm³/mol. The fraction of sp³-hybridized carbons (Fsp3) is 0.267. The minimum atomic E-state index is -0.949. The van der Waals surface area contributed by atoms with Crippen molar-refractivity contribution in [1.29, 1.82) is 0 Å². The number of thiophene rings is 1. The van der Waals surface area contributed by atoms with Crippen molar-refractivity contribution in [2.75, 3.05) is 5.73 Å². The Bertz CT molecular complexity index is 624. The van der Waals surface area contributed by atoms with Crippen molar-refractivity contribution in [3.05, 3.63) is 39.8 Å². The van der Waals surface area contributed by atoms with Gasteiger partial charge in [0.1, 0.15) is 4.88 Å². The van der Waals surface area contributed by atoms with Gasteiger partial charge in [0, 0.05) is 4.88 Å². The average Bonchev–Trinajstić information content (AvgIpc) is 2.66. The van der Waals surface area contributed by atoms with Crippen LogP contribution >= 0.6 is 11.3 Å². The van der Waals surface area contributed by atoms with Crippen molar-refractivity contribution in [1.82, 2.24) is 0 Å². The lowest BCUT2D eigenvalue weighted by molar-refractivity contribution is 0.0703. The Morgan fingerprint density at radius 2 is 1.89 bits per heavy atom. The quantitative estimate of drug-likeness (QED) is 0.893. The summed E-state index contributed by atoms with van der Waals surface area (Å²) in [7, 11) is 0. The van der Waals surface area contributed by atoms with Crippen LogP contribution in [0, 0.1) is 13.8 Å². The monoisotopic (exact) mass is 275 g/mol. The molecule has 0 radical (unpaired) electrons. The van der Waals surface area contributed by atoms with E-state index in [9.17, 15) is 9.90 Å². The number of rotatable bonds is 3. The second kappa shape index (κ2) is 5.05. The van der Waals surface area contributed by atoms with Gasteiger partial charge in [0.15, 0.2) is 0 Å². The molecule has 1 heterocycles. The van der Waals surface area contributed by atoms with Crippen LogP contribution in [0.5, 0.6) is 0 Å². The molecule has 0 spiro atoms. The van der Waals surface area contributed by atoms with E-state index in [0.717, 1.165) is 33.6 Å². The van der Waals surface area contributed by atoms with Crippen molar-refractivity contribution in [2.45, 2.75) is 27.2 Å². The third kappa shape index (κ3) is 2.24. The molecule has 19 heavy (non-hydrogen) atoms. The standard InChI is InChI=1S/C15H17NO2S/c1-4-10-12(16)14(15(17)18)19-13(10)11-8(2)6-5-7-9(11)3/h5-7H,4,16H2,1-3H3,(H,17,18). The van der Waals surface area contributed by atoms with Crippen molar-refractivity contribution in [3.63, 3.8) is 0 Å². The molecule has 0 unspecified atom stereocenters. The summed E-state index contributed by atoms with van der Waals surface area (Å²) in [5.41, 5.74) is 10.7. The lowest BCUT2D eigenvalue weighted by atomic mass is 9.98. The number of aromatic carboxylic acids is 1. The van der Waals surface area contributed by atoms with E-state index < -0.39 is 5.97 Å². The van der Waals surface area contributed by atoms with E-state index in [2.05, 4.69) is 0 Å². The zero-order valence-electron chi connectivity index (χ0n) is 11.3. The summed E-state index contributed by atoms with van der Waals surface area (Å²) in [4.78, 5) is 12.5. The molecule has 2 rings (SSSR count). The van der Waals surface area contributed by atoms with Gasteiger partial charge in [-0.1, -0.05) is 25.1 Å². The maximum atomic E-state index is 11.2. The van der Waals surface area contributed by atoms with Crippen LogP contribution < -0.4 is 5.73 Å². The first-order valence-corrected chi connectivity index (χ1v) is 7.00. The van der Waals surface area contributed by atoms with Gasteiger partial charge in [0.2, 0.25) is 0 Å². The molecule has 0 bridgehead atoms. The Hall–Kier alpha value is -1.81. The van der Waals surface area contributed by atoms with E-state index >= 15 is 0 Å². The molecule has 2 aromatic rings. The Morgan fingerprint density at radius 3 is 2.37 bits per heavy atom.